The number of benzene rings is 1. The second-order valence-electron chi connectivity index (χ2n) is 9.76. The van der Waals surface area contributed by atoms with Gasteiger partial charge in [0.05, 0.1) is 23.9 Å². The average Bonchev–Trinajstić information content (AvgIpc) is 2.89. The molecule has 0 amide bonds. The van der Waals surface area contributed by atoms with Crippen molar-refractivity contribution < 1.29 is 23.6 Å². The lowest BCUT2D eigenvalue weighted by Crippen LogP contribution is -2.41. The fourth-order valence-electron chi connectivity index (χ4n) is 3.14. The van der Waals surface area contributed by atoms with E-state index in [-0.39, 0.29) is 18.3 Å². The van der Waals surface area contributed by atoms with Crippen LogP contribution in [0.4, 0.5) is 0 Å². The molecule has 6 nitrogen and oxygen atoms in total. The largest absolute Gasteiger partial charge is 0.494 e. The van der Waals surface area contributed by atoms with Crippen molar-refractivity contribution in [1.29, 1.82) is 0 Å². The molecule has 1 atom stereocenters. The number of aliphatic hydroxyl groups is 1. The Morgan fingerprint density at radius 3 is 2.27 bits per heavy atom. The van der Waals surface area contributed by atoms with Gasteiger partial charge in [0.15, 0.2) is 8.32 Å². The molecule has 0 aliphatic carbocycles. The summed E-state index contributed by atoms with van der Waals surface area (Å²) in [4.78, 5) is 0. The minimum Gasteiger partial charge on any atom is -0.420 e. The van der Waals surface area contributed by atoms with Crippen molar-refractivity contribution in [2.24, 2.45) is 0 Å². The number of nitrogens with one attached hydrogen (secondary N) is 1. The number of hydrogen-bond donors (Lipinski definition) is 2. The third-order valence-electron chi connectivity index (χ3n) is 6.14. The molecule has 170 valence electrons. The summed E-state index contributed by atoms with van der Waals surface area (Å²) in [5.41, 5.74) is 1.50. The summed E-state index contributed by atoms with van der Waals surface area (Å²) in [5.74, 6) is 0. The molecule has 0 radical (unpaired) electrons. The SMILES string of the molecule is CO[Si](C)(C)CCCOCC(O)CNCc1ccc(B2OC(C)(C)C(C)(C)O2)cc1. The Kier molecular flexibility index (Phi) is 9.12. The van der Waals surface area contributed by atoms with Gasteiger partial charge in [-0.05, 0) is 64.3 Å². The van der Waals surface area contributed by atoms with Crippen molar-refractivity contribution in [3.05, 3.63) is 29.8 Å². The average molecular weight is 437 g/mol. The number of rotatable bonds is 12. The van der Waals surface area contributed by atoms with Gasteiger partial charge in [0.2, 0.25) is 0 Å². The zero-order valence-corrected chi connectivity index (χ0v) is 20.8. The van der Waals surface area contributed by atoms with E-state index in [9.17, 15) is 5.11 Å². The van der Waals surface area contributed by atoms with Crippen LogP contribution in [-0.4, -0.2) is 64.7 Å². The normalized spacial score (nSPS) is 19.3. The Balaban J connectivity index is 1.65. The Morgan fingerprint density at radius 2 is 1.70 bits per heavy atom. The van der Waals surface area contributed by atoms with E-state index < -0.39 is 14.4 Å². The van der Waals surface area contributed by atoms with Crippen LogP contribution in [0.5, 0.6) is 0 Å². The first-order chi connectivity index (χ1) is 14.0. The van der Waals surface area contributed by atoms with Crippen molar-refractivity contribution in [1.82, 2.24) is 5.32 Å². The van der Waals surface area contributed by atoms with Gasteiger partial charge in [-0.25, -0.2) is 0 Å². The van der Waals surface area contributed by atoms with E-state index in [1.54, 1.807) is 7.11 Å². The van der Waals surface area contributed by atoms with Crippen molar-refractivity contribution in [2.75, 3.05) is 26.9 Å². The van der Waals surface area contributed by atoms with Crippen LogP contribution in [0.1, 0.15) is 39.7 Å². The number of aliphatic hydroxyl groups excluding tert-OH is 1. The van der Waals surface area contributed by atoms with Crippen LogP contribution in [0, 0.1) is 0 Å². The van der Waals surface area contributed by atoms with Gasteiger partial charge < -0.3 is 28.9 Å². The quantitative estimate of drug-likeness (QED) is 0.387. The van der Waals surface area contributed by atoms with Gasteiger partial charge in [-0.15, -0.1) is 0 Å². The van der Waals surface area contributed by atoms with Crippen LogP contribution < -0.4 is 10.8 Å². The molecule has 8 heteroatoms. The molecule has 1 aromatic carbocycles. The van der Waals surface area contributed by atoms with Gasteiger partial charge in [-0.1, -0.05) is 24.3 Å². The Hall–Kier alpha value is -0.738. The van der Waals surface area contributed by atoms with Gasteiger partial charge in [-0.3, -0.25) is 0 Å². The van der Waals surface area contributed by atoms with Crippen molar-refractivity contribution in [3.63, 3.8) is 0 Å². The van der Waals surface area contributed by atoms with Gasteiger partial charge in [0.1, 0.15) is 0 Å². The lowest BCUT2D eigenvalue weighted by atomic mass is 9.79. The third-order valence-corrected chi connectivity index (χ3v) is 8.81. The van der Waals surface area contributed by atoms with E-state index >= 15 is 0 Å². The summed E-state index contributed by atoms with van der Waals surface area (Å²) in [5, 5.41) is 13.4. The van der Waals surface area contributed by atoms with Crippen molar-refractivity contribution in [2.45, 2.75) is 77.1 Å². The maximum atomic E-state index is 10.1. The fourth-order valence-corrected chi connectivity index (χ4v) is 4.34. The van der Waals surface area contributed by atoms with Crippen LogP contribution in [-0.2, 0) is 25.0 Å². The molecule has 1 saturated heterocycles. The van der Waals surface area contributed by atoms with Crippen LogP contribution >= 0.6 is 0 Å². The van der Waals surface area contributed by atoms with Crippen LogP contribution in [0.3, 0.4) is 0 Å². The summed E-state index contributed by atoms with van der Waals surface area (Å²) in [7, 11) is -0.0651. The molecule has 0 spiro atoms. The molecule has 0 bridgehead atoms. The standard InChI is InChI=1S/C22H40BNO5Si/c1-21(2)22(3,4)29-23(28-21)19-11-9-18(10-12-19)15-24-16-20(25)17-27-13-8-14-30(6,7)26-5/h9-12,20,24-25H,8,13-17H2,1-7H3. The second kappa shape index (κ2) is 10.7. The number of hydrogen-bond acceptors (Lipinski definition) is 6. The van der Waals surface area contributed by atoms with E-state index in [2.05, 4.69) is 58.2 Å². The third kappa shape index (κ3) is 7.44. The molecule has 1 heterocycles. The van der Waals surface area contributed by atoms with E-state index in [0.29, 0.717) is 26.3 Å². The highest BCUT2D eigenvalue weighted by Gasteiger charge is 2.51. The van der Waals surface area contributed by atoms with E-state index in [1.807, 2.05) is 12.1 Å². The molecule has 1 unspecified atom stereocenters. The molecule has 1 aliphatic heterocycles. The Bertz CT molecular complexity index is 637. The zero-order chi connectivity index (χ0) is 22.4. The molecule has 1 aromatic rings. The fraction of sp³-hybridized carbons (Fsp3) is 0.727. The highest BCUT2D eigenvalue weighted by atomic mass is 28.4. The van der Waals surface area contributed by atoms with Gasteiger partial charge in [-0.2, -0.15) is 0 Å². The molecule has 2 rings (SSSR count). The molecule has 1 fully saturated rings. The van der Waals surface area contributed by atoms with E-state index in [0.717, 1.165) is 23.5 Å². The topological polar surface area (TPSA) is 69.2 Å². The first-order valence-corrected chi connectivity index (χ1v) is 14.0. The summed E-state index contributed by atoms with van der Waals surface area (Å²) < 4.78 is 23.3. The van der Waals surface area contributed by atoms with Gasteiger partial charge in [0, 0.05) is 26.8 Å². The number of ether oxygens (including phenoxy) is 1. The maximum Gasteiger partial charge on any atom is 0.494 e. The molecular formula is C22H40BNO5Si. The van der Waals surface area contributed by atoms with Crippen LogP contribution in [0.2, 0.25) is 19.1 Å². The zero-order valence-electron chi connectivity index (χ0n) is 19.8. The smallest absolute Gasteiger partial charge is 0.420 e. The Labute approximate surface area is 183 Å². The summed E-state index contributed by atoms with van der Waals surface area (Å²) in [6, 6.07) is 9.29. The van der Waals surface area contributed by atoms with Gasteiger partial charge >= 0.3 is 7.12 Å². The summed E-state index contributed by atoms with van der Waals surface area (Å²) >= 11 is 0. The molecule has 0 saturated carbocycles. The molecular weight excluding hydrogens is 397 g/mol. The van der Waals surface area contributed by atoms with Crippen molar-refractivity contribution >= 4 is 20.9 Å². The first kappa shape index (κ1) is 25.5. The first-order valence-electron chi connectivity index (χ1n) is 10.9. The van der Waals surface area contributed by atoms with Crippen LogP contribution in [0.15, 0.2) is 24.3 Å². The Morgan fingerprint density at radius 1 is 1.10 bits per heavy atom. The highest BCUT2D eigenvalue weighted by Crippen LogP contribution is 2.36. The lowest BCUT2D eigenvalue weighted by Gasteiger charge is -2.32. The molecule has 1 aliphatic rings. The second-order valence-corrected chi connectivity index (χ2v) is 14.2. The highest BCUT2D eigenvalue weighted by molar-refractivity contribution is 6.71. The minimum absolute atomic E-state index is 0.335. The maximum absolute atomic E-state index is 10.1. The summed E-state index contributed by atoms with van der Waals surface area (Å²) in [6.45, 7) is 14.8. The molecule has 2 N–H and O–H groups in total. The van der Waals surface area contributed by atoms with Crippen molar-refractivity contribution in [3.8, 4) is 0 Å². The van der Waals surface area contributed by atoms with E-state index in [4.69, 9.17) is 18.5 Å². The lowest BCUT2D eigenvalue weighted by molar-refractivity contribution is 0.00578. The molecule has 0 aromatic heterocycles. The predicted molar refractivity (Wildman–Crippen MR) is 125 cm³/mol. The minimum atomic E-state index is -1.51. The molecule has 30 heavy (non-hydrogen) atoms. The van der Waals surface area contributed by atoms with E-state index in [1.165, 1.54) is 0 Å². The predicted octanol–water partition coefficient (Wildman–Crippen LogP) is 2.69. The summed E-state index contributed by atoms with van der Waals surface area (Å²) in [6.07, 6.45) is 0.462. The monoisotopic (exact) mass is 437 g/mol. The van der Waals surface area contributed by atoms with Gasteiger partial charge in [0.25, 0.3) is 0 Å². The van der Waals surface area contributed by atoms with Crippen LogP contribution in [0.25, 0.3) is 0 Å².